The lowest BCUT2D eigenvalue weighted by molar-refractivity contribution is -0.453. The van der Waals surface area contributed by atoms with Crippen LogP contribution in [0.1, 0.15) is 0 Å². The molecule has 0 aromatic carbocycles. The number of halogens is 13. The molecule has 0 bridgehead atoms. The first-order chi connectivity index (χ1) is 7.94. The highest BCUT2D eigenvalue weighted by Crippen LogP contribution is 2.67. The quantitative estimate of drug-likeness (QED) is 0.646. The lowest BCUT2D eigenvalue weighted by Crippen LogP contribution is -2.67. The maximum absolute atomic E-state index is 12.4. The molecule has 0 fully saturated rings. The lowest BCUT2D eigenvalue weighted by Gasteiger charge is -2.41. The smallest absolute Gasteiger partial charge is 0.198 e. The molecule has 0 aliphatic heterocycles. The molecule has 0 N–H and O–H groups in total. The minimum absolute atomic E-state index is 5.16. The van der Waals surface area contributed by atoms with E-state index in [2.05, 4.69) is 0 Å². The molecule has 0 aromatic heterocycles. The molecule has 0 nitrogen and oxygen atoms in total. The predicted octanol–water partition coefficient (Wildman–Crippen LogP) is 4.72. The van der Waals surface area contributed by atoms with Crippen molar-refractivity contribution in [3.8, 4) is 0 Å². The molecule has 0 aromatic rings. The van der Waals surface area contributed by atoms with E-state index in [9.17, 15) is 57.1 Å². The highest BCUT2D eigenvalue weighted by atomic mass is 19.4. The highest BCUT2D eigenvalue weighted by molar-refractivity contribution is 5.14. The van der Waals surface area contributed by atoms with Gasteiger partial charge in [0.1, 0.15) is 0 Å². The molecular weight excluding hydrogens is 319 g/mol. The van der Waals surface area contributed by atoms with Gasteiger partial charge in [0.2, 0.25) is 0 Å². The number of hydrogen-bond acceptors (Lipinski definition) is 0. The number of rotatable bonds is 2. The molecule has 0 spiro atoms. The van der Waals surface area contributed by atoms with Crippen LogP contribution in [0.3, 0.4) is 0 Å². The fourth-order valence-corrected chi connectivity index (χ4v) is 1.06. The van der Waals surface area contributed by atoms with Crippen LogP contribution >= 0.6 is 0 Å². The average Bonchev–Trinajstić information content (AvgIpc) is 1.92. The van der Waals surface area contributed by atoms with Gasteiger partial charge in [-0.3, -0.25) is 0 Å². The molecular formula is C6F13. The minimum atomic E-state index is -7.80. The van der Waals surface area contributed by atoms with Gasteiger partial charge < -0.3 is 0 Å². The van der Waals surface area contributed by atoms with Crippen LogP contribution in [0.5, 0.6) is 0 Å². The van der Waals surface area contributed by atoms with Crippen molar-refractivity contribution in [2.45, 2.75) is 24.5 Å². The van der Waals surface area contributed by atoms with E-state index in [1.54, 1.807) is 0 Å². The van der Waals surface area contributed by atoms with Gasteiger partial charge in [0.15, 0.2) is 0 Å². The summed E-state index contributed by atoms with van der Waals surface area (Å²) in [5.74, 6) is -7.80. The molecule has 0 saturated carbocycles. The van der Waals surface area contributed by atoms with Crippen molar-refractivity contribution in [1.82, 2.24) is 0 Å². The zero-order chi connectivity index (χ0) is 16.1. The molecule has 0 saturated heterocycles. The summed E-state index contributed by atoms with van der Waals surface area (Å²) in [7, 11) is 0. The normalized spacial score (nSPS) is 16.1. The Morgan fingerprint density at radius 3 is 0.789 bits per heavy atom. The summed E-state index contributed by atoms with van der Waals surface area (Å²) in [5, 5.41) is 0. The zero-order valence-corrected chi connectivity index (χ0v) is 7.91. The van der Waals surface area contributed by atoms with Gasteiger partial charge in [-0.05, 0) is 0 Å². The van der Waals surface area contributed by atoms with E-state index < -0.39 is 36.3 Å². The predicted molar refractivity (Wildman–Crippen MR) is 31.0 cm³/mol. The Morgan fingerprint density at radius 2 is 0.737 bits per heavy atom. The van der Waals surface area contributed by atoms with Gasteiger partial charge in [-0.1, -0.05) is 0 Å². The standard InChI is InChI=1S/C6F13/c7-1(8)2(4(11,12)13,5(14,15)16)3(9,10)6(17,18)19. The minimum Gasteiger partial charge on any atom is -0.198 e. The van der Waals surface area contributed by atoms with Crippen molar-refractivity contribution in [2.75, 3.05) is 0 Å². The third-order valence-corrected chi connectivity index (χ3v) is 1.96. The van der Waals surface area contributed by atoms with Crippen LogP contribution in [0.25, 0.3) is 0 Å². The summed E-state index contributed by atoms with van der Waals surface area (Å²) in [4.78, 5) is 0. The zero-order valence-electron chi connectivity index (χ0n) is 7.91. The van der Waals surface area contributed by atoms with Crippen molar-refractivity contribution in [3.63, 3.8) is 0 Å². The summed E-state index contributed by atoms with van der Waals surface area (Å²) in [6, 6.07) is 0. The van der Waals surface area contributed by atoms with Crippen molar-refractivity contribution in [2.24, 2.45) is 5.41 Å². The molecule has 0 amide bonds. The first-order valence-electron chi connectivity index (χ1n) is 3.71. The summed E-state index contributed by atoms with van der Waals surface area (Å²) < 4.78 is 155. The van der Waals surface area contributed by atoms with Gasteiger partial charge in [-0.15, -0.1) is 0 Å². The second-order valence-corrected chi connectivity index (χ2v) is 3.08. The summed E-state index contributed by atoms with van der Waals surface area (Å²) in [6.07, 6.45) is -27.9. The van der Waals surface area contributed by atoms with Crippen LogP contribution in [0.4, 0.5) is 57.1 Å². The monoisotopic (exact) mass is 319 g/mol. The Balaban J connectivity index is 6.54. The SMILES string of the molecule is F[C](F)C(C(F)(F)F)(C(F)(F)F)C(F)(F)C(F)(F)F. The molecule has 13 heteroatoms. The first kappa shape index (κ1) is 18.1. The van der Waals surface area contributed by atoms with Gasteiger partial charge in [0.25, 0.3) is 0 Å². The Bertz CT molecular complexity index is 299. The Morgan fingerprint density at radius 1 is 0.474 bits per heavy atom. The van der Waals surface area contributed by atoms with Crippen LogP contribution < -0.4 is 0 Å². The Hall–Kier alpha value is -0.910. The van der Waals surface area contributed by atoms with Crippen molar-refractivity contribution in [1.29, 1.82) is 0 Å². The largest absolute Gasteiger partial charge is 0.454 e. The molecule has 0 atom stereocenters. The van der Waals surface area contributed by atoms with E-state index >= 15 is 0 Å². The molecule has 0 heterocycles. The highest BCUT2D eigenvalue weighted by Gasteiger charge is 2.93. The summed E-state index contributed by atoms with van der Waals surface area (Å²) in [6.45, 7) is 0. The molecule has 1 radical (unpaired) electrons. The summed E-state index contributed by atoms with van der Waals surface area (Å²) in [5.41, 5.74) is -7.62. The Labute approximate surface area is 94.7 Å². The fourth-order valence-electron chi connectivity index (χ4n) is 1.06. The number of hydrogen-bond donors (Lipinski definition) is 0. The van der Waals surface area contributed by atoms with Gasteiger partial charge in [-0.2, -0.15) is 57.1 Å². The topological polar surface area (TPSA) is 0 Å². The Kier molecular flexibility index (Phi) is 4.09. The molecule has 0 aliphatic rings. The molecule has 0 rings (SSSR count). The second-order valence-electron chi connectivity index (χ2n) is 3.08. The lowest BCUT2D eigenvalue weighted by atomic mass is 9.79. The first-order valence-corrected chi connectivity index (χ1v) is 3.71. The van der Waals surface area contributed by atoms with E-state index in [-0.39, 0.29) is 0 Å². The van der Waals surface area contributed by atoms with E-state index in [0.717, 1.165) is 0 Å². The van der Waals surface area contributed by atoms with E-state index in [0.29, 0.717) is 0 Å². The number of alkyl halides is 11. The van der Waals surface area contributed by atoms with Gasteiger partial charge in [0.05, 0.1) is 0 Å². The van der Waals surface area contributed by atoms with Crippen LogP contribution in [-0.4, -0.2) is 24.5 Å². The molecule has 0 unspecified atom stereocenters. The van der Waals surface area contributed by atoms with Crippen LogP contribution in [0.2, 0.25) is 0 Å². The van der Waals surface area contributed by atoms with Crippen LogP contribution in [-0.2, 0) is 0 Å². The van der Waals surface area contributed by atoms with Gasteiger partial charge >= 0.3 is 36.3 Å². The maximum atomic E-state index is 12.4. The van der Waals surface area contributed by atoms with Crippen molar-refractivity contribution in [3.05, 3.63) is 6.43 Å². The van der Waals surface area contributed by atoms with Gasteiger partial charge in [-0.25, -0.2) is 0 Å². The maximum Gasteiger partial charge on any atom is 0.454 e. The fraction of sp³-hybridized carbons (Fsp3) is 0.833. The van der Waals surface area contributed by atoms with Crippen molar-refractivity contribution >= 4 is 0 Å². The average molecular weight is 319 g/mol. The second kappa shape index (κ2) is 4.30. The third kappa shape index (κ3) is 2.30. The van der Waals surface area contributed by atoms with E-state index in [1.165, 1.54) is 0 Å². The summed E-state index contributed by atoms with van der Waals surface area (Å²) >= 11 is 0. The van der Waals surface area contributed by atoms with Crippen LogP contribution in [0, 0.1) is 11.8 Å². The molecule has 19 heavy (non-hydrogen) atoms. The molecule has 115 valence electrons. The molecule has 0 aliphatic carbocycles. The third-order valence-electron chi connectivity index (χ3n) is 1.96. The van der Waals surface area contributed by atoms with Crippen molar-refractivity contribution < 1.29 is 57.1 Å². The van der Waals surface area contributed by atoms with E-state index in [1.807, 2.05) is 0 Å². The van der Waals surface area contributed by atoms with E-state index in [4.69, 9.17) is 0 Å². The van der Waals surface area contributed by atoms with Gasteiger partial charge in [0, 0.05) is 0 Å². The van der Waals surface area contributed by atoms with Crippen LogP contribution in [0.15, 0.2) is 0 Å².